The molecular formula is C25H36IN3O3. The van der Waals surface area contributed by atoms with Crippen LogP contribution in [0.4, 0.5) is 0 Å². The lowest BCUT2D eigenvalue weighted by Crippen LogP contribution is -2.37. The molecule has 2 N–H and O–H groups in total. The van der Waals surface area contributed by atoms with Crippen molar-refractivity contribution in [3.8, 4) is 5.75 Å². The number of benzene rings is 2. The van der Waals surface area contributed by atoms with Crippen LogP contribution in [0.3, 0.4) is 0 Å². The first-order valence-corrected chi connectivity index (χ1v) is 11.1. The van der Waals surface area contributed by atoms with Crippen molar-refractivity contribution in [1.82, 2.24) is 10.6 Å². The number of nitrogens with zero attached hydrogens (tertiary/aromatic N) is 1. The zero-order valence-electron chi connectivity index (χ0n) is 19.3. The normalized spacial score (nSPS) is 16.8. The van der Waals surface area contributed by atoms with E-state index in [1.165, 1.54) is 11.1 Å². The molecule has 32 heavy (non-hydrogen) atoms. The van der Waals surface area contributed by atoms with Crippen LogP contribution in [0.2, 0.25) is 0 Å². The van der Waals surface area contributed by atoms with E-state index in [0.717, 1.165) is 43.3 Å². The summed E-state index contributed by atoms with van der Waals surface area (Å²) in [4.78, 5) is 4.33. The smallest absolute Gasteiger partial charge is 0.191 e. The van der Waals surface area contributed by atoms with Gasteiger partial charge in [0, 0.05) is 38.7 Å². The van der Waals surface area contributed by atoms with Gasteiger partial charge in [-0.3, -0.25) is 4.99 Å². The van der Waals surface area contributed by atoms with Crippen LogP contribution in [-0.2, 0) is 16.0 Å². The Morgan fingerprint density at radius 2 is 2.00 bits per heavy atom. The Hall–Kier alpha value is -1.84. The summed E-state index contributed by atoms with van der Waals surface area (Å²) in [5.74, 6) is 1.69. The Morgan fingerprint density at radius 1 is 1.19 bits per heavy atom. The van der Waals surface area contributed by atoms with Gasteiger partial charge in [0.1, 0.15) is 11.9 Å². The largest absolute Gasteiger partial charge is 0.488 e. The Bertz CT molecular complexity index is 826. The molecule has 0 spiro atoms. The molecule has 3 rings (SSSR count). The monoisotopic (exact) mass is 553 g/mol. The minimum absolute atomic E-state index is 0. The third-order valence-corrected chi connectivity index (χ3v) is 5.32. The molecule has 0 aromatic heterocycles. The van der Waals surface area contributed by atoms with Gasteiger partial charge in [-0.05, 0) is 37.5 Å². The van der Waals surface area contributed by atoms with E-state index in [-0.39, 0.29) is 36.2 Å². The summed E-state index contributed by atoms with van der Waals surface area (Å²) in [5.41, 5.74) is 3.50. The van der Waals surface area contributed by atoms with Crippen LogP contribution in [-0.4, -0.2) is 45.5 Å². The minimum Gasteiger partial charge on any atom is -0.488 e. The highest BCUT2D eigenvalue weighted by atomic mass is 127. The van der Waals surface area contributed by atoms with Gasteiger partial charge in [-0.2, -0.15) is 0 Å². The van der Waals surface area contributed by atoms with Gasteiger partial charge in [-0.1, -0.05) is 42.5 Å². The van der Waals surface area contributed by atoms with Crippen molar-refractivity contribution < 1.29 is 14.2 Å². The second-order valence-electron chi connectivity index (χ2n) is 7.84. The number of hydrogen-bond donors (Lipinski definition) is 2. The molecule has 7 heteroatoms. The van der Waals surface area contributed by atoms with Gasteiger partial charge in [0.15, 0.2) is 5.96 Å². The van der Waals surface area contributed by atoms with Crippen molar-refractivity contribution in [3.63, 3.8) is 0 Å². The summed E-state index contributed by atoms with van der Waals surface area (Å²) >= 11 is 0. The lowest BCUT2D eigenvalue weighted by molar-refractivity contribution is 0.0646. The molecule has 2 atom stereocenters. The average Bonchev–Trinajstić information content (AvgIpc) is 3.30. The maximum atomic E-state index is 6.18. The van der Waals surface area contributed by atoms with Crippen LogP contribution in [0.15, 0.2) is 53.5 Å². The van der Waals surface area contributed by atoms with Crippen LogP contribution >= 0.6 is 24.0 Å². The Balaban J connectivity index is 0.00000363. The molecule has 176 valence electrons. The molecule has 1 aliphatic rings. The fourth-order valence-corrected chi connectivity index (χ4v) is 3.46. The molecule has 0 saturated carbocycles. The van der Waals surface area contributed by atoms with E-state index in [0.29, 0.717) is 19.8 Å². The van der Waals surface area contributed by atoms with Gasteiger partial charge >= 0.3 is 0 Å². The summed E-state index contributed by atoms with van der Waals surface area (Å²) in [6, 6.07) is 16.6. The number of nitrogens with one attached hydrogen (secondary N) is 2. The highest BCUT2D eigenvalue weighted by molar-refractivity contribution is 14.0. The Kier molecular flexibility index (Phi) is 11.8. The molecule has 1 saturated heterocycles. The summed E-state index contributed by atoms with van der Waals surface area (Å²) in [6.45, 7) is 7.73. The Morgan fingerprint density at radius 3 is 2.72 bits per heavy atom. The summed E-state index contributed by atoms with van der Waals surface area (Å²) in [5, 5.41) is 6.74. The highest BCUT2D eigenvalue weighted by Crippen LogP contribution is 2.23. The summed E-state index contributed by atoms with van der Waals surface area (Å²) in [6.07, 6.45) is 2.08. The molecule has 1 aliphatic heterocycles. The van der Waals surface area contributed by atoms with E-state index in [1.807, 2.05) is 18.2 Å². The fraction of sp³-hybridized carbons (Fsp3) is 0.480. The second-order valence-corrected chi connectivity index (χ2v) is 7.84. The lowest BCUT2D eigenvalue weighted by atomic mass is 10.1. The predicted molar refractivity (Wildman–Crippen MR) is 140 cm³/mol. The van der Waals surface area contributed by atoms with Crippen molar-refractivity contribution in [1.29, 1.82) is 0 Å². The van der Waals surface area contributed by atoms with E-state index < -0.39 is 0 Å². The molecular weight excluding hydrogens is 517 g/mol. The molecule has 0 radical (unpaired) electrons. The molecule has 1 heterocycles. The number of aliphatic imine (C=N–C) groups is 1. The maximum Gasteiger partial charge on any atom is 0.191 e. The van der Waals surface area contributed by atoms with Crippen LogP contribution in [0.5, 0.6) is 5.75 Å². The van der Waals surface area contributed by atoms with Gasteiger partial charge in [0.25, 0.3) is 0 Å². The topological polar surface area (TPSA) is 64.1 Å². The molecule has 2 aromatic carbocycles. The van der Waals surface area contributed by atoms with Crippen LogP contribution in [0, 0.1) is 6.92 Å². The van der Waals surface area contributed by atoms with Gasteiger partial charge < -0.3 is 24.8 Å². The van der Waals surface area contributed by atoms with E-state index in [4.69, 9.17) is 14.2 Å². The number of hydrogen-bond acceptors (Lipinski definition) is 4. The number of ether oxygens (including phenoxy) is 3. The molecule has 2 aromatic rings. The van der Waals surface area contributed by atoms with Gasteiger partial charge in [0.05, 0.1) is 19.3 Å². The first kappa shape index (κ1) is 26.4. The molecule has 6 nitrogen and oxygen atoms in total. The highest BCUT2D eigenvalue weighted by Gasteiger charge is 2.18. The quantitative estimate of drug-likeness (QED) is 0.195. The minimum atomic E-state index is 0. The first-order valence-electron chi connectivity index (χ1n) is 11.1. The van der Waals surface area contributed by atoms with E-state index >= 15 is 0 Å². The molecule has 1 fully saturated rings. The molecule has 0 aliphatic carbocycles. The van der Waals surface area contributed by atoms with E-state index in [9.17, 15) is 0 Å². The lowest BCUT2D eigenvalue weighted by Gasteiger charge is -2.18. The first-order chi connectivity index (χ1) is 15.2. The van der Waals surface area contributed by atoms with Crippen molar-refractivity contribution >= 4 is 29.9 Å². The van der Waals surface area contributed by atoms with Gasteiger partial charge in [-0.15, -0.1) is 24.0 Å². The predicted octanol–water partition coefficient (Wildman–Crippen LogP) is 4.61. The standard InChI is InChI=1S/C25H35N3O3.HI/c1-19-10-11-22(24(16-19)31-23-12-15-29-18-23)17-28-25(26-3)27-13-7-14-30-20(2)21-8-5-4-6-9-21;/h4-6,8-11,16,20,23H,7,12-15,17-18H2,1-3H3,(H2,26,27,28);1H. The number of guanidine groups is 1. The SMILES string of the molecule is CN=C(NCCCOC(C)c1ccccc1)NCc1ccc(C)cc1OC1CCOC1.I. The zero-order chi connectivity index (χ0) is 21.9. The number of aryl methyl sites for hydroxylation is 1. The maximum absolute atomic E-state index is 6.18. The van der Waals surface area contributed by atoms with E-state index in [1.54, 1.807) is 7.05 Å². The van der Waals surface area contributed by atoms with Crippen LogP contribution in [0.1, 0.15) is 42.6 Å². The fourth-order valence-electron chi connectivity index (χ4n) is 3.46. The van der Waals surface area contributed by atoms with Crippen LogP contribution < -0.4 is 15.4 Å². The number of halogens is 1. The van der Waals surface area contributed by atoms with Crippen molar-refractivity contribution in [2.75, 3.05) is 33.4 Å². The van der Waals surface area contributed by atoms with Crippen molar-refractivity contribution in [2.45, 2.75) is 45.4 Å². The number of rotatable bonds is 10. The third kappa shape index (κ3) is 8.60. The zero-order valence-corrected chi connectivity index (χ0v) is 21.6. The van der Waals surface area contributed by atoms with E-state index in [2.05, 4.69) is 59.8 Å². The van der Waals surface area contributed by atoms with Crippen molar-refractivity contribution in [3.05, 3.63) is 65.2 Å². The average molecular weight is 553 g/mol. The molecule has 0 amide bonds. The van der Waals surface area contributed by atoms with Gasteiger partial charge in [-0.25, -0.2) is 0 Å². The molecule has 0 bridgehead atoms. The van der Waals surface area contributed by atoms with Crippen molar-refractivity contribution in [2.24, 2.45) is 4.99 Å². The summed E-state index contributed by atoms with van der Waals surface area (Å²) < 4.78 is 17.6. The molecule has 2 unspecified atom stereocenters. The third-order valence-electron chi connectivity index (χ3n) is 5.32. The van der Waals surface area contributed by atoms with Crippen LogP contribution in [0.25, 0.3) is 0 Å². The second kappa shape index (κ2) is 14.3. The van der Waals surface area contributed by atoms with Gasteiger partial charge in [0.2, 0.25) is 0 Å². The summed E-state index contributed by atoms with van der Waals surface area (Å²) in [7, 11) is 1.78. The Labute approximate surface area is 209 Å².